The van der Waals surface area contributed by atoms with Gasteiger partial charge in [-0.2, -0.15) is 0 Å². The molecule has 4 atom stereocenters. The molecule has 29 heavy (non-hydrogen) atoms. The smallest absolute Gasteiger partial charge is 0.244 e. The molecule has 1 N–H and O–H groups in total. The van der Waals surface area contributed by atoms with Crippen LogP contribution in [0.1, 0.15) is 18.4 Å². The minimum absolute atomic E-state index is 0.161. The Morgan fingerprint density at radius 2 is 1.76 bits per heavy atom. The van der Waals surface area contributed by atoms with Gasteiger partial charge in [0.15, 0.2) is 0 Å². The molecule has 0 radical (unpaired) electrons. The molecule has 0 unspecified atom stereocenters. The van der Waals surface area contributed by atoms with Gasteiger partial charge in [0.2, 0.25) is 17.7 Å². The van der Waals surface area contributed by atoms with E-state index in [0.717, 1.165) is 56.2 Å². The minimum Gasteiger partial charge on any atom is -0.379 e. The number of anilines is 1. The fraction of sp³-hybridized carbons (Fsp3) is 0.571. The number of carbonyl (C=O) groups is 3. The molecular formula is C21H25N3O5. The summed E-state index contributed by atoms with van der Waals surface area (Å²) in [6.45, 7) is 3.82. The average molecular weight is 399 g/mol. The molecule has 3 amide bonds. The summed E-state index contributed by atoms with van der Waals surface area (Å²) in [5, 5.41) is 2.83. The third-order valence-corrected chi connectivity index (χ3v) is 6.40. The molecule has 1 aromatic carbocycles. The van der Waals surface area contributed by atoms with Gasteiger partial charge in [-0.25, -0.2) is 0 Å². The number of fused-ring (bicyclic) bond motifs is 5. The van der Waals surface area contributed by atoms with E-state index in [0.29, 0.717) is 5.69 Å². The number of nitrogens with zero attached hydrogens (tertiary/aromatic N) is 2. The lowest BCUT2D eigenvalue weighted by molar-refractivity contribution is -0.145. The van der Waals surface area contributed by atoms with Crippen LogP contribution in [0.2, 0.25) is 0 Å². The maximum absolute atomic E-state index is 12.7. The summed E-state index contributed by atoms with van der Waals surface area (Å²) >= 11 is 0. The highest BCUT2D eigenvalue weighted by Gasteiger charge is 2.62. The van der Waals surface area contributed by atoms with E-state index >= 15 is 0 Å². The number of carbonyl (C=O) groups excluding carboxylic acids is 3. The fourth-order valence-electron chi connectivity index (χ4n) is 5.04. The molecule has 0 aromatic heterocycles. The quantitative estimate of drug-likeness (QED) is 0.731. The van der Waals surface area contributed by atoms with E-state index in [2.05, 4.69) is 10.2 Å². The van der Waals surface area contributed by atoms with Crippen LogP contribution < -0.4 is 5.32 Å². The van der Waals surface area contributed by atoms with Crippen LogP contribution in [0.25, 0.3) is 0 Å². The Balaban J connectivity index is 1.20. The van der Waals surface area contributed by atoms with Gasteiger partial charge in [-0.1, -0.05) is 12.1 Å². The van der Waals surface area contributed by atoms with E-state index in [1.165, 1.54) is 0 Å². The molecule has 8 nitrogen and oxygen atoms in total. The number of likely N-dealkylation sites (tertiary alicyclic amines) is 1. The standard InChI is InChI=1S/C21H25N3O5/c25-17(12-24-20(26)18-15-4-5-16(29-15)19(18)21(24)27)22-14-3-1-2-13(10-14)11-23-6-8-28-9-7-23/h1-3,10,15-16,18-19H,4-9,11-12H2,(H,22,25)/t15-,16-,18-,19-/m1/s1. The Morgan fingerprint density at radius 3 is 2.45 bits per heavy atom. The summed E-state index contributed by atoms with van der Waals surface area (Å²) in [6.07, 6.45) is 1.32. The number of morpholine rings is 1. The first-order chi connectivity index (χ1) is 14.1. The number of rotatable bonds is 5. The SMILES string of the molecule is O=C(CN1C(=O)[C@H]2[C@H](C1=O)[C@H]1CC[C@H]2O1)Nc1cccc(CN2CCOCC2)c1. The number of imide groups is 1. The van der Waals surface area contributed by atoms with Crippen molar-refractivity contribution in [2.45, 2.75) is 31.6 Å². The molecule has 4 fully saturated rings. The molecule has 154 valence electrons. The van der Waals surface area contributed by atoms with Crippen molar-refractivity contribution in [1.82, 2.24) is 9.80 Å². The predicted molar refractivity (Wildman–Crippen MR) is 103 cm³/mol. The van der Waals surface area contributed by atoms with Gasteiger partial charge >= 0.3 is 0 Å². The number of benzene rings is 1. The molecule has 1 aromatic rings. The van der Waals surface area contributed by atoms with Crippen LogP contribution in [0.15, 0.2) is 24.3 Å². The van der Waals surface area contributed by atoms with Crippen molar-refractivity contribution in [2.75, 3.05) is 38.2 Å². The predicted octanol–water partition coefficient (Wildman–Crippen LogP) is 0.620. The molecule has 0 aliphatic carbocycles. The zero-order chi connectivity index (χ0) is 20.0. The van der Waals surface area contributed by atoms with E-state index in [1.54, 1.807) is 0 Å². The topological polar surface area (TPSA) is 88.2 Å². The first-order valence-electron chi connectivity index (χ1n) is 10.3. The van der Waals surface area contributed by atoms with Crippen molar-refractivity contribution < 1.29 is 23.9 Å². The van der Waals surface area contributed by atoms with E-state index in [-0.39, 0.29) is 36.5 Å². The minimum atomic E-state index is -0.397. The van der Waals surface area contributed by atoms with Gasteiger partial charge in [0, 0.05) is 25.3 Å². The van der Waals surface area contributed by atoms with Crippen molar-refractivity contribution >= 4 is 23.4 Å². The summed E-state index contributed by atoms with van der Waals surface area (Å²) in [7, 11) is 0. The van der Waals surface area contributed by atoms with Gasteiger partial charge in [0.05, 0.1) is 37.3 Å². The van der Waals surface area contributed by atoms with Gasteiger partial charge in [-0.05, 0) is 30.5 Å². The van der Waals surface area contributed by atoms with Crippen LogP contribution in [-0.4, -0.2) is 72.6 Å². The van der Waals surface area contributed by atoms with Gasteiger partial charge < -0.3 is 14.8 Å². The molecule has 4 saturated heterocycles. The normalized spacial score (nSPS) is 31.4. The van der Waals surface area contributed by atoms with Crippen LogP contribution in [-0.2, 0) is 30.4 Å². The Morgan fingerprint density at radius 1 is 1.07 bits per heavy atom. The Bertz CT molecular complexity index is 809. The third kappa shape index (κ3) is 3.45. The lowest BCUT2D eigenvalue weighted by atomic mass is 9.81. The van der Waals surface area contributed by atoms with Crippen molar-refractivity contribution in [3.05, 3.63) is 29.8 Å². The summed E-state index contributed by atoms with van der Waals surface area (Å²) < 4.78 is 11.1. The summed E-state index contributed by atoms with van der Waals surface area (Å²) in [5.41, 5.74) is 1.77. The Kier molecular flexibility index (Phi) is 4.85. The molecule has 4 aliphatic heterocycles. The zero-order valence-corrected chi connectivity index (χ0v) is 16.2. The lowest BCUT2D eigenvalue weighted by Crippen LogP contribution is -2.40. The largest absolute Gasteiger partial charge is 0.379 e. The van der Waals surface area contributed by atoms with E-state index in [1.807, 2.05) is 24.3 Å². The van der Waals surface area contributed by atoms with Crippen LogP contribution in [0, 0.1) is 11.8 Å². The molecule has 8 heteroatoms. The summed E-state index contributed by atoms with van der Waals surface area (Å²) in [5.74, 6) is -1.67. The first-order valence-corrected chi connectivity index (χ1v) is 10.3. The lowest BCUT2D eigenvalue weighted by Gasteiger charge is -2.26. The third-order valence-electron chi connectivity index (χ3n) is 6.40. The van der Waals surface area contributed by atoms with Crippen molar-refractivity contribution in [3.63, 3.8) is 0 Å². The first kappa shape index (κ1) is 18.7. The number of amides is 3. The molecule has 4 aliphatic rings. The van der Waals surface area contributed by atoms with Crippen molar-refractivity contribution in [3.8, 4) is 0 Å². The number of ether oxygens (including phenoxy) is 2. The Hall–Kier alpha value is -2.29. The van der Waals surface area contributed by atoms with Crippen LogP contribution in [0.3, 0.4) is 0 Å². The number of hydrogen-bond acceptors (Lipinski definition) is 6. The summed E-state index contributed by atoms with van der Waals surface area (Å²) in [6, 6.07) is 7.67. The summed E-state index contributed by atoms with van der Waals surface area (Å²) in [4.78, 5) is 41.3. The van der Waals surface area contributed by atoms with Crippen molar-refractivity contribution in [2.24, 2.45) is 11.8 Å². The van der Waals surface area contributed by atoms with Crippen molar-refractivity contribution in [1.29, 1.82) is 0 Å². The van der Waals surface area contributed by atoms with E-state index < -0.39 is 11.8 Å². The maximum atomic E-state index is 12.7. The zero-order valence-electron chi connectivity index (χ0n) is 16.2. The van der Waals surface area contributed by atoms with E-state index in [9.17, 15) is 14.4 Å². The molecule has 2 bridgehead atoms. The molecule has 4 heterocycles. The van der Waals surface area contributed by atoms with Crippen LogP contribution in [0.4, 0.5) is 5.69 Å². The van der Waals surface area contributed by atoms with Crippen LogP contribution in [0.5, 0.6) is 0 Å². The van der Waals surface area contributed by atoms with Gasteiger partial charge in [0.25, 0.3) is 0 Å². The van der Waals surface area contributed by atoms with Gasteiger partial charge in [-0.3, -0.25) is 24.2 Å². The van der Waals surface area contributed by atoms with Crippen LogP contribution >= 0.6 is 0 Å². The number of hydrogen-bond donors (Lipinski definition) is 1. The molecular weight excluding hydrogens is 374 g/mol. The highest BCUT2D eigenvalue weighted by atomic mass is 16.5. The highest BCUT2D eigenvalue weighted by Crippen LogP contribution is 2.48. The van der Waals surface area contributed by atoms with Gasteiger partial charge in [0.1, 0.15) is 6.54 Å². The highest BCUT2D eigenvalue weighted by molar-refractivity contribution is 6.09. The van der Waals surface area contributed by atoms with Gasteiger partial charge in [-0.15, -0.1) is 0 Å². The molecule has 0 saturated carbocycles. The maximum Gasteiger partial charge on any atom is 0.244 e. The average Bonchev–Trinajstić information content (AvgIpc) is 3.39. The molecule has 0 spiro atoms. The second-order valence-electron chi connectivity index (χ2n) is 8.24. The second-order valence-corrected chi connectivity index (χ2v) is 8.24. The second kappa shape index (κ2) is 7.51. The Labute approximate surface area is 169 Å². The monoisotopic (exact) mass is 399 g/mol. The molecule has 5 rings (SSSR count). The van der Waals surface area contributed by atoms with E-state index in [4.69, 9.17) is 9.47 Å². The number of nitrogens with one attached hydrogen (secondary N) is 1. The fourth-order valence-corrected chi connectivity index (χ4v) is 5.04.